The lowest BCUT2D eigenvalue weighted by Crippen LogP contribution is -2.11. The molecule has 0 aliphatic rings. The van der Waals surface area contributed by atoms with E-state index in [9.17, 15) is 4.79 Å². The fourth-order valence-corrected chi connectivity index (χ4v) is 1.77. The first-order valence-corrected chi connectivity index (χ1v) is 5.93. The van der Waals surface area contributed by atoms with Gasteiger partial charge < -0.3 is 9.47 Å². The molecule has 3 heteroatoms. The molecule has 0 bridgehead atoms. The van der Waals surface area contributed by atoms with Crippen molar-refractivity contribution >= 4 is 5.97 Å². The fourth-order valence-electron chi connectivity index (χ4n) is 1.77. The first kappa shape index (κ1) is 13.6. The van der Waals surface area contributed by atoms with Crippen LogP contribution in [0.4, 0.5) is 0 Å². The Labute approximate surface area is 103 Å². The van der Waals surface area contributed by atoms with Crippen LogP contribution in [0, 0.1) is 20.8 Å². The Morgan fingerprint density at radius 2 is 1.76 bits per heavy atom. The van der Waals surface area contributed by atoms with E-state index in [-0.39, 0.29) is 5.97 Å². The van der Waals surface area contributed by atoms with Crippen molar-refractivity contribution in [3.63, 3.8) is 0 Å². The highest BCUT2D eigenvalue weighted by Crippen LogP contribution is 2.28. The van der Waals surface area contributed by atoms with Gasteiger partial charge in [-0.2, -0.15) is 0 Å². The zero-order valence-electron chi connectivity index (χ0n) is 11.2. The molecule has 1 aromatic carbocycles. The lowest BCUT2D eigenvalue weighted by Gasteiger charge is -2.15. The maximum Gasteiger partial charge on any atom is 0.342 e. The Bertz CT molecular complexity index is 422. The topological polar surface area (TPSA) is 35.5 Å². The van der Waals surface area contributed by atoms with Crippen molar-refractivity contribution in [2.45, 2.75) is 34.6 Å². The van der Waals surface area contributed by atoms with Crippen molar-refractivity contribution in [2.75, 3.05) is 13.2 Å². The lowest BCUT2D eigenvalue weighted by molar-refractivity contribution is 0.0521. The Balaban J connectivity index is 3.33. The molecule has 17 heavy (non-hydrogen) atoms. The van der Waals surface area contributed by atoms with Crippen molar-refractivity contribution in [3.05, 3.63) is 28.3 Å². The molecule has 0 atom stereocenters. The molecule has 3 nitrogen and oxygen atoms in total. The first-order chi connectivity index (χ1) is 8.02. The molecular weight excluding hydrogens is 216 g/mol. The van der Waals surface area contributed by atoms with E-state index >= 15 is 0 Å². The third kappa shape index (κ3) is 2.78. The molecule has 94 valence electrons. The molecule has 0 aromatic heterocycles. The molecular formula is C14H20O3. The van der Waals surface area contributed by atoms with Crippen molar-refractivity contribution < 1.29 is 14.3 Å². The number of aryl methyl sites for hydroxylation is 1. The molecule has 1 rings (SSSR count). The summed E-state index contributed by atoms with van der Waals surface area (Å²) in [4.78, 5) is 11.9. The summed E-state index contributed by atoms with van der Waals surface area (Å²) in [6.45, 7) is 10.6. The number of rotatable bonds is 4. The Hall–Kier alpha value is -1.51. The van der Waals surface area contributed by atoms with E-state index in [1.165, 1.54) is 0 Å². The summed E-state index contributed by atoms with van der Waals surface area (Å²) in [6.07, 6.45) is 0. The monoisotopic (exact) mass is 236 g/mol. The van der Waals surface area contributed by atoms with E-state index < -0.39 is 0 Å². The second-order valence-corrected chi connectivity index (χ2v) is 3.97. The van der Waals surface area contributed by atoms with E-state index in [0.29, 0.717) is 24.5 Å². The summed E-state index contributed by atoms with van der Waals surface area (Å²) in [5, 5.41) is 0. The highest BCUT2D eigenvalue weighted by atomic mass is 16.5. The molecule has 0 fully saturated rings. The molecule has 0 amide bonds. The molecule has 0 saturated carbocycles. The molecule has 1 aromatic rings. The van der Waals surface area contributed by atoms with Crippen LogP contribution in [-0.4, -0.2) is 19.2 Å². The fraction of sp³-hybridized carbons (Fsp3) is 0.500. The summed E-state index contributed by atoms with van der Waals surface area (Å²) < 4.78 is 10.6. The van der Waals surface area contributed by atoms with Gasteiger partial charge in [-0.05, 0) is 57.4 Å². The van der Waals surface area contributed by atoms with Gasteiger partial charge >= 0.3 is 5.97 Å². The number of esters is 1. The van der Waals surface area contributed by atoms with E-state index in [0.717, 1.165) is 16.7 Å². The number of carbonyl (C=O) groups is 1. The van der Waals surface area contributed by atoms with Gasteiger partial charge in [-0.25, -0.2) is 4.79 Å². The predicted molar refractivity (Wildman–Crippen MR) is 67.8 cm³/mol. The van der Waals surface area contributed by atoms with Gasteiger partial charge in [0.25, 0.3) is 0 Å². The van der Waals surface area contributed by atoms with Crippen molar-refractivity contribution in [1.82, 2.24) is 0 Å². The quantitative estimate of drug-likeness (QED) is 0.753. The van der Waals surface area contributed by atoms with Gasteiger partial charge in [-0.1, -0.05) is 0 Å². The van der Waals surface area contributed by atoms with Gasteiger partial charge in [0.05, 0.1) is 13.2 Å². The summed E-state index contributed by atoms with van der Waals surface area (Å²) in [6, 6.07) is 1.90. The zero-order valence-corrected chi connectivity index (χ0v) is 11.2. The van der Waals surface area contributed by atoms with E-state index in [4.69, 9.17) is 9.47 Å². The number of benzene rings is 1. The molecule has 0 aliphatic carbocycles. The van der Waals surface area contributed by atoms with E-state index in [2.05, 4.69) is 0 Å². The van der Waals surface area contributed by atoms with Crippen LogP contribution in [0.1, 0.15) is 40.9 Å². The van der Waals surface area contributed by atoms with Crippen molar-refractivity contribution in [1.29, 1.82) is 0 Å². The van der Waals surface area contributed by atoms with E-state index in [1.54, 1.807) is 6.92 Å². The maximum atomic E-state index is 11.9. The lowest BCUT2D eigenvalue weighted by atomic mass is 9.97. The summed E-state index contributed by atoms with van der Waals surface area (Å²) in [5.74, 6) is 0.308. The minimum absolute atomic E-state index is 0.309. The summed E-state index contributed by atoms with van der Waals surface area (Å²) in [5.41, 5.74) is 3.72. The number of hydrogen-bond donors (Lipinski definition) is 0. The van der Waals surface area contributed by atoms with Gasteiger partial charge in [-0.15, -0.1) is 0 Å². The molecule has 0 heterocycles. The van der Waals surface area contributed by atoms with Crippen molar-refractivity contribution in [3.8, 4) is 5.75 Å². The number of hydrogen-bond acceptors (Lipinski definition) is 3. The Morgan fingerprint density at radius 1 is 1.12 bits per heavy atom. The third-order valence-corrected chi connectivity index (χ3v) is 2.90. The predicted octanol–water partition coefficient (Wildman–Crippen LogP) is 3.19. The number of carbonyl (C=O) groups excluding carboxylic acids is 1. The average Bonchev–Trinajstić information content (AvgIpc) is 2.27. The SMILES string of the molecule is CCOC(=O)c1c(OCC)cc(C)c(C)c1C. The second-order valence-electron chi connectivity index (χ2n) is 3.97. The molecule has 0 radical (unpaired) electrons. The van der Waals surface area contributed by atoms with Crippen LogP contribution in [-0.2, 0) is 4.74 Å². The van der Waals surface area contributed by atoms with Crippen LogP contribution in [0.5, 0.6) is 5.75 Å². The molecule has 0 unspecified atom stereocenters. The van der Waals surface area contributed by atoms with Crippen LogP contribution >= 0.6 is 0 Å². The van der Waals surface area contributed by atoms with Crippen LogP contribution in [0.3, 0.4) is 0 Å². The minimum Gasteiger partial charge on any atom is -0.493 e. The van der Waals surface area contributed by atoms with Crippen LogP contribution in [0.2, 0.25) is 0 Å². The largest absolute Gasteiger partial charge is 0.493 e. The van der Waals surface area contributed by atoms with Gasteiger partial charge in [0.1, 0.15) is 11.3 Å². The minimum atomic E-state index is -0.309. The maximum absolute atomic E-state index is 11.9. The van der Waals surface area contributed by atoms with Crippen LogP contribution in [0.25, 0.3) is 0 Å². The highest BCUT2D eigenvalue weighted by molar-refractivity contribution is 5.94. The van der Waals surface area contributed by atoms with Gasteiger partial charge in [-0.3, -0.25) is 0 Å². The molecule has 0 N–H and O–H groups in total. The normalized spacial score (nSPS) is 10.2. The van der Waals surface area contributed by atoms with Gasteiger partial charge in [0.2, 0.25) is 0 Å². The van der Waals surface area contributed by atoms with E-state index in [1.807, 2.05) is 33.8 Å². The third-order valence-electron chi connectivity index (χ3n) is 2.90. The first-order valence-electron chi connectivity index (χ1n) is 5.93. The molecule has 0 aliphatic heterocycles. The second kappa shape index (κ2) is 5.71. The molecule has 0 spiro atoms. The molecule has 0 saturated heterocycles. The highest BCUT2D eigenvalue weighted by Gasteiger charge is 2.19. The Kier molecular flexibility index (Phi) is 4.55. The van der Waals surface area contributed by atoms with Crippen LogP contribution in [0.15, 0.2) is 6.07 Å². The van der Waals surface area contributed by atoms with Gasteiger partial charge in [0.15, 0.2) is 0 Å². The summed E-state index contributed by atoms with van der Waals surface area (Å²) >= 11 is 0. The summed E-state index contributed by atoms with van der Waals surface area (Å²) in [7, 11) is 0. The van der Waals surface area contributed by atoms with Gasteiger partial charge in [0, 0.05) is 0 Å². The van der Waals surface area contributed by atoms with Crippen molar-refractivity contribution in [2.24, 2.45) is 0 Å². The smallest absolute Gasteiger partial charge is 0.342 e. The van der Waals surface area contributed by atoms with Crippen LogP contribution < -0.4 is 4.74 Å². The number of ether oxygens (including phenoxy) is 2. The Morgan fingerprint density at radius 3 is 2.29 bits per heavy atom. The zero-order chi connectivity index (χ0) is 13.0. The average molecular weight is 236 g/mol. The standard InChI is InChI=1S/C14H20O3/c1-6-16-12-8-9(3)10(4)11(5)13(12)14(15)17-7-2/h8H,6-7H2,1-5H3.